The summed E-state index contributed by atoms with van der Waals surface area (Å²) in [6.45, 7) is 0. The van der Waals surface area contributed by atoms with Crippen molar-refractivity contribution in [3.8, 4) is 23.0 Å². The SMILES string of the molecule is COc1cc(/C=N\NC(=O)CCCCCCC(=O)N/N=C\c2ccc(OC(=O)c3ccc(Cl)cc3)c(OC)c2)ccc1OC(=O)c1ccc(Cl)cc1. The molecule has 0 radical (unpaired) electrons. The number of carbonyl (C=O) groups excluding carboxylic acids is 4. The van der Waals surface area contributed by atoms with Gasteiger partial charge in [-0.15, -0.1) is 0 Å². The van der Waals surface area contributed by atoms with Crippen LogP contribution in [0.2, 0.25) is 10.0 Å². The van der Waals surface area contributed by atoms with Crippen molar-refractivity contribution in [2.45, 2.75) is 38.5 Å². The lowest BCUT2D eigenvalue weighted by Crippen LogP contribution is -2.17. The summed E-state index contributed by atoms with van der Waals surface area (Å²) < 4.78 is 21.6. The molecule has 2 amide bonds. The van der Waals surface area contributed by atoms with Gasteiger partial charge in [0.2, 0.25) is 11.8 Å². The Morgan fingerprint density at radius 3 is 1.31 bits per heavy atom. The Labute approximate surface area is 310 Å². The zero-order chi connectivity index (χ0) is 37.3. The van der Waals surface area contributed by atoms with Crippen LogP contribution in [0.15, 0.2) is 95.1 Å². The number of halogens is 2. The highest BCUT2D eigenvalue weighted by atomic mass is 35.5. The molecule has 14 heteroatoms. The van der Waals surface area contributed by atoms with Crippen LogP contribution < -0.4 is 29.8 Å². The Balaban J connectivity index is 1.10. The second-order valence-electron chi connectivity index (χ2n) is 11.1. The van der Waals surface area contributed by atoms with E-state index in [1.165, 1.54) is 26.6 Å². The van der Waals surface area contributed by atoms with Crippen molar-refractivity contribution in [2.75, 3.05) is 14.2 Å². The summed E-state index contributed by atoms with van der Waals surface area (Å²) in [6.07, 6.45) is 6.26. The molecule has 0 bridgehead atoms. The van der Waals surface area contributed by atoms with E-state index in [-0.39, 0.29) is 36.2 Å². The van der Waals surface area contributed by atoms with E-state index >= 15 is 0 Å². The summed E-state index contributed by atoms with van der Waals surface area (Å²) in [5.41, 5.74) is 6.91. The highest BCUT2D eigenvalue weighted by molar-refractivity contribution is 6.31. The molecule has 270 valence electrons. The zero-order valence-electron chi connectivity index (χ0n) is 28.4. The fourth-order valence-electron chi connectivity index (χ4n) is 4.58. The summed E-state index contributed by atoms with van der Waals surface area (Å²) in [7, 11) is 2.90. The van der Waals surface area contributed by atoms with Crippen LogP contribution in [0.4, 0.5) is 0 Å². The monoisotopic (exact) mass is 746 g/mol. The second kappa shape index (κ2) is 20.2. The van der Waals surface area contributed by atoms with Crippen molar-refractivity contribution < 1.29 is 38.1 Å². The van der Waals surface area contributed by atoms with E-state index in [0.717, 1.165) is 12.8 Å². The third-order valence-electron chi connectivity index (χ3n) is 7.30. The molecule has 0 saturated carbocycles. The number of unbranched alkanes of at least 4 members (excludes halogenated alkanes) is 3. The molecule has 12 nitrogen and oxygen atoms in total. The highest BCUT2D eigenvalue weighted by Crippen LogP contribution is 2.30. The summed E-state index contributed by atoms with van der Waals surface area (Å²) in [5, 5.41) is 9.00. The number of nitrogens with one attached hydrogen (secondary N) is 2. The van der Waals surface area contributed by atoms with Crippen molar-refractivity contribution in [1.82, 2.24) is 10.9 Å². The van der Waals surface area contributed by atoms with Crippen LogP contribution >= 0.6 is 23.2 Å². The molecule has 0 aliphatic carbocycles. The maximum Gasteiger partial charge on any atom is 0.343 e. The first-order chi connectivity index (χ1) is 25.1. The van der Waals surface area contributed by atoms with Crippen molar-refractivity contribution in [1.29, 1.82) is 0 Å². The van der Waals surface area contributed by atoms with Gasteiger partial charge in [0.05, 0.1) is 37.8 Å². The number of hydrogen-bond acceptors (Lipinski definition) is 10. The average molecular weight is 748 g/mol. The van der Waals surface area contributed by atoms with Gasteiger partial charge in [0.15, 0.2) is 23.0 Å². The molecule has 0 spiro atoms. The van der Waals surface area contributed by atoms with Gasteiger partial charge in [0.1, 0.15) is 0 Å². The van der Waals surface area contributed by atoms with Crippen molar-refractivity contribution in [2.24, 2.45) is 10.2 Å². The number of ether oxygens (including phenoxy) is 4. The second-order valence-corrected chi connectivity index (χ2v) is 12.0. The fraction of sp³-hybridized carbons (Fsp3) is 0.211. The minimum Gasteiger partial charge on any atom is -0.493 e. The normalized spacial score (nSPS) is 10.9. The number of hydrogen-bond donors (Lipinski definition) is 2. The number of esters is 2. The lowest BCUT2D eigenvalue weighted by Gasteiger charge is -2.10. The fourth-order valence-corrected chi connectivity index (χ4v) is 4.83. The molecular weight excluding hydrogens is 711 g/mol. The van der Waals surface area contributed by atoms with Gasteiger partial charge in [-0.25, -0.2) is 20.4 Å². The van der Waals surface area contributed by atoms with Crippen LogP contribution in [0.5, 0.6) is 23.0 Å². The van der Waals surface area contributed by atoms with E-state index in [0.29, 0.717) is 56.6 Å². The molecule has 4 aromatic carbocycles. The first kappa shape index (κ1) is 39.1. The quantitative estimate of drug-likeness (QED) is 0.0373. The first-order valence-corrected chi connectivity index (χ1v) is 16.9. The Bertz CT molecular complexity index is 1780. The predicted molar refractivity (Wildman–Crippen MR) is 198 cm³/mol. The van der Waals surface area contributed by atoms with Crippen molar-refractivity contribution >= 4 is 59.4 Å². The lowest BCUT2D eigenvalue weighted by atomic mass is 10.1. The summed E-state index contributed by atoms with van der Waals surface area (Å²) >= 11 is 11.7. The molecule has 4 rings (SSSR count). The zero-order valence-corrected chi connectivity index (χ0v) is 29.9. The summed E-state index contributed by atoms with van der Waals surface area (Å²) in [6, 6.07) is 22.4. The highest BCUT2D eigenvalue weighted by Gasteiger charge is 2.14. The van der Waals surface area contributed by atoms with Gasteiger partial charge < -0.3 is 18.9 Å². The first-order valence-electron chi connectivity index (χ1n) is 16.1. The van der Waals surface area contributed by atoms with Crippen LogP contribution in [-0.2, 0) is 9.59 Å². The molecule has 0 heterocycles. The average Bonchev–Trinajstić information content (AvgIpc) is 3.14. The minimum atomic E-state index is -0.559. The standard InChI is InChI=1S/C38H36Cl2N4O8/c1-49-33-21-25(9-19-31(33)51-37(47)27-11-15-29(39)16-12-27)23-41-43-35(45)7-5-3-4-6-8-36(46)44-42-24-26-10-20-32(34(22-26)50-2)52-38(48)28-13-17-30(40)18-14-28/h9-24H,3-8H2,1-2H3,(H,43,45)(H,44,46)/b41-23-,42-24-. The van der Waals surface area contributed by atoms with E-state index in [1.807, 2.05) is 0 Å². The Hall–Kier alpha value is -5.72. The van der Waals surface area contributed by atoms with E-state index in [4.69, 9.17) is 42.1 Å². The number of nitrogens with zero attached hydrogens (tertiary/aromatic N) is 2. The summed E-state index contributed by atoms with van der Waals surface area (Å²) in [4.78, 5) is 49.3. The van der Waals surface area contributed by atoms with Gasteiger partial charge in [-0.2, -0.15) is 10.2 Å². The molecule has 52 heavy (non-hydrogen) atoms. The molecular formula is C38H36Cl2N4O8. The topological polar surface area (TPSA) is 154 Å². The van der Waals surface area contributed by atoms with Crippen molar-refractivity contribution in [3.05, 3.63) is 117 Å². The number of carbonyl (C=O) groups is 4. The Morgan fingerprint density at radius 1 is 0.558 bits per heavy atom. The number of benzene rings is 4. The molecule has 0 saturated heterocycles. The lowest BCUT2D eigenvalue weighted by molar-refractivity contribution is -0.122. The van der Waals surface area contributed by atoms with Gasteiger partial charge in [-0.1, -0.05) is 36.0 Å². The molecule has 0 fully saturated rings. The Morgan fingerprint density at radius 2 is 0.942 bits per heavy atom. The molecule has 2 N–H and O–H groups in total. The smallest absolute Gasteiger partial charge is 0.343 e. The summed E-state index contributed by atoms with van der Waals surface area (Å²) in [5.74, 6) is -0.499. The third kappa shape index (κ3) is 12.6. The molecule has 0 aromatic heterocycles. The molecule has 0 unspecified atom stereocenters. The van der Waals surface area contributed by atoms with Gasteiger partial charge in [0, 0.05) is 22.9 Å². The van der Waals surface area contributed by atoms with Gasteiger partial charge in [-0.3, -0.25) is 9.59 Å². The van der Waals surface area contributed by atoms with Crippen LogP contribution in [0.3, 0.4) is 0 Å². The van der Waals surface area contributed by atoms with Crippen molar-refractivity contribution in [3.63, 3.8) is 0 Å². The largest absolute Gasteiger partial charge is 0.493 e. The minimum absolute atomic E-state index is 0.231. The van der Waals surface area contributed by atoms with Crippen LogP contribution in [0.1, 0.15) is 70.4 Å². The van der Waals surface area contributed by atoms with Gasteiger partial charge >= 0.3 is 11.9 Å². The van der Waals surface area contributed by atoms with Crippen LogP contribution in [-0.4, -0.2) is 50.4 Å². The van der Waals surface area contributed by atoms with Crippen LogP contribution in [0, 0.1) is 0 Å². The van der Waals surface area contributed by atoms with Crippen LogP contribution in [0.25, 0.3) is 0 Å². The number of amides is 2. The van der Waals surface area contributed by atoms with Gasteiger partial charge in [-0.05, 0) is 109 Å². The Kier molecular flexibility index (Phi) is 15.2. The molecule has 0 atom stereocenters. The molecule has 4 aromatic rings. The van der Waals surface area contributed by atoms with E-state index < -0.39 is 11.9 Å². The maximum absolute atomic E-state index is 12.4. The number of hydrazone groups is 2. The maximum atomic E-state index is 12.4. The number of rotatable bonds is 17. The van der Waals surface area contributed by atoms with E-state index in [1.54, 1.807) is 84.9 Å². The van der Waals surface area contributed by atoms with E-state index in [2.05, 4.69) is 21.1 Å². The number of methoxy groups -OCH3 is 2. The third-order valence-corrected chi connectivity index (χ3v) is 7.81. The van der Waals surface area contributed by atoms with E-state index in [9.17, 15) is 19.2 Å². The predicted octanol–water partition coefficient (Wildman–Crippen LogP) is 7.39. The van der Waals surface area contributed by atoms with Gasteiger partial charge in [0.25, 0.3) is 0 Å². The molecule has 0 aliphatic heterocycles. The molecule has 0 aliphatic rings.